The van der Waals surface area contributed by atoms with Crippen LogP contribution in [0.3, 0.4) is 0 Å². The molecule has 0 saturated heterocycles. The average Bonchev–Trinajstić information content (AvgIpc) is 3.26. The van der Waals surface area contributed by atoms with Crippen molar-refractivity contribution in [2.45, 2.75) is 276 Å². The van der Waals surface area contributed by atoms with Crippen molar-refractivity contribution in [2.75, 3.05) is 41.0 Å². The van der Waals surface area contributed by atoms with E-state index >= 15 is 0 Å². The van der Waals surface area contributed by atoms with Gasteiger partial charge in [0.05, 0.1) is 34.4 Å². The maximum Gasteiger partial charge on any atom is 0.362 e. The highest BCUT2D eigenvalue weighted by Gasteiger charge is 2.31. The summed E-state index contributed by atoms with van der Waals surface area (Å²) >= 11 is 0. The SMILES string of the molecule is CCCCCCCCCCC/C=C/CCCCCCCC(=O)OCC(COCCC(C(=O)O)[N+](C)(C)C)OC(=O)CCCCCCCCC/C=C/CCCCCCCCCCCCC. The second-order valence-corrected chi connectivity index (χ2v) is 19.8. The quantitative estimate of drug-likeness (QED) is 0.0281. The predicted molar refractivity (Wildman–Crippen MR) is 271 cm³/mol. The van der Waals surface area contributed by atoms with Crippen molar-refractivity contribution in [2.24, 2.45) is 0 Å². The fourth-order valence-corrected chi connectivity index (χ4v) is 8.32. The molecule has 2 unspecified atom stereocenters. The lowest BCUT2D eigenvalue weighted by atomic mass is 10.0. The third-order valence-electron chi connectivity index (χ3n) is 12.6. The lowest BCUT2D eigenvalue weighted by Gasteiger charge is -2.31. The van der Waals surface area contributed by atoms with Crippen molar-refractivity contribution >= 4 is 17.9 Å². The summed E-state index contributed by atoms with van der Waals surface area (Å²) in [7, 11) is 5.54. The Kier molecular flexibility index (Phi) is 45.7. The second-order valence-electron chi connectivity index (χ2n) is 19.8. The Morgan fingerprint density at radius 1 is 0.453 bits per heavy atom. The number of carbonyl (C=O) groups is 3. The van der Waals surface area contributed by atoms with Gasteiger partial charge in [-0.2, -0.15) is 0 Å². The van der Waals surface area contributed by atoms with Gasteiger partial charge >= 0.3 is 17.9 Å². The van der Waals surface area contributed by atoms with Gasteiger partial charge in [0.1, 0.15) is 6.61 Å². The standard InChI is InChI=1S/C56H105NO7/c1-6-8-10-12-14-16-18-20-22-24-26-27-28-29-31-33-35-37-39-41-43-45-47-55(59)64-52(50-62-49-48-53(56(60)61)57(3,4)5)51-63-54(58)46-44-42-40-38-36-34-32-30-25-23-21-19-17-15-13-11-9-7-2/h28-30,32,52-53H,6-27,31,33-51H2,1-5H3/p+1/b29-28+,32-30+. The number of quaternary nitrogens is 1. The molecule has 0 aromatic heterocycles. The van der Waals surface area contributed by atoms with Gasteiger partial charge in [0.2, 0.25) is 0 Å². The van der Waals surface area contributed by atoms with Crippen molar-refractivity contribution in [3.8, 4) is 0 Å². The predicted octanol–water partition coefficient (Wildman–Crippen LogP) is 16.0. The lowest BCUT2D eigenvalue weighted by Crippen LogP contribution is -2.50. The largest absolute Gasteiger partial charge is 0.477 e. The molecule has 0 aromatic rings. The van der Waals surface area contributed by atoms with Gasteiger partial charge in [-0.15, -0.1) is 0 Å². The smallest absolute Gasteiger partial charge is 0.362 e. The number of carboxylic acids is 1. The first-order valence-electron chi connectivity index (χ1n) is 27.4. The Morgan fingerprint density at radius 3 is 1.12 bits per heavy atom. The molecule has 8 nitrogen and oxygen atoms in total. The van der Waals surface area contributed by atoms with E-state index < -0.39 is 18.1 Å². The maximum atomic E-state index is 12.8. The molecule has 2 atom stereocenters. The van der Waals surface area contributed by atoms with E-state index in [-0.39, 0.29) is 36.2 Å². The van der Waals surface area contributed by atoms with E-state index in [1.54, 1.807) is 0 Å². The third kappa shape index (κ3) is 45.0. The van der Waals surface area contributed by atoms with Gasteiger partial charge in [0.25, 0.3) is 0 Å². The van der Waals surface area contributed by atoms with E-state index in [2.05, 4.69) is 38.2 Å². The summed E-state index contributed by atoms with van der Waals surface area (Å²) in [6.45, 7) is 4.77. The Morgan fingerprint density at radius 2 is 0.781 bits per heavy atom. The summed E-state index contributed by atoms with van der Waals surface area (Å²) in [5.74, 6) is -1.47. The minimum absolute atomic E-state index is 0.0534. The zero-order valence-electron chi connectivity index (χ0n) is 43.0. The molecular weight excluding hydrogens is 799 g/mol. The first kappa shape index (κ1) is 61.8. The van der Waals surface area contributed by atoms with Crippen molar-refractivity contribution in [3.05, 3.63) is 24.3 Å². The number of carboxylic acid groups (broad SMARTS) is 1. The molecule has 1 N–H and O–H groups in total. The Hall–Kier alpha value is -2.19. The number of hydrogen-bond donors (Lipinski definition) is 1. The minimum atomic E-state index is -0.873. The third-order valence-corrected chi connectivity index (χ3v) is 12.6. The van der Waals surface area contributed by atoms with Crippen LogP contribution in [0.5, 0.6) is 0 Å². The number of rotatable bonds is 50. The van der Waals surface area contributed by atoms with Gasteiger partial charge < -0.3 is 23.8 Å². The highest BCUT2D eigenvalue weighted by Crippen LogP contribution is 2.16. The molecule has 0 rings (SSSR count). The van der Waals surface area contributed by atoms with E-state index in [0.29, 0.717) is 19.3 Å². The zero-order valence-corrected chi connectivity index (χ0v) is 43.0. The molecule has 0 heterocycles. The van der Waals surface area contributed by atoms with Crippen LogP contribution < -0.4 is 0 Å². The summed E-state index contributed by atoms with van der Waals surface area (Å²) in [5.41, 5.74) is 0. The van der Waals surface area contributed by atoms with Gasteiger partial charge in [-0.25, -0.2) is 4.79 Å². The molecule has 376 valence electrons. The normalized spacial score (nSPS) is 13.0. The zero-order chi connectivity index (χ0) is 47.0. The molecule has 0 aliphatic carbocycles. The summed E-state index contributed by atoms with van der Waals surface area (Å²) in [4.78, 5) is 37.2. The number of allylic oxidation sites excluding steroid dienone is 4. The fourth-order valence-electron chi connectivity index (χ4n) is 8.32. The van der Waals surface area contributed by atoms with Gasteiger partial charge in [-0.05, 0) is 64.2 Å². The molecule has 0 radical (unpaired) electrons. The van der Waals surface area contributed by atoms with E-state index in [1.807, 2.05) is 21.1 Å². The Bertz CT molecular complexity index is 1100. The number of nitrogens with zero attached hydrogens (tertiary/aromatic N) is 1. The Balaban J connectivity index is 4.20. The summed E-state index contributed by atoms with van der Waals surface area (Å²) < 4.78 is 17.4. The molecule has 0 aliphatic rings. The molecule has 0 saturated carbocycles. The molecular formula is C56H106NO7+. The first-order valence-corrected chi connectivity index (χ1v) is 27.4. The van der Waals surface area contributed by atoms with Gasteiger partial charge in [-0.3, -0.25) is 9.59 Å². The van der Waals surface area contributed by atoms with E-state index in [4.69, 9.17) is 14.2 Å². The number of esters is 2. The number of aliphatic carboxylic acids is 1. The van der Waals surface area contributed by atoms with Crippen LogP contribution in [-0.4, -0.2) is 80.6 Å². The number of ether oxygens (including phenoxy) is 3. The van der Waals surface area contributed by atoms with Crippen LogP contribution in [-0.2, 0) is 28.6 Å². The van der Waals surface area contributed by atoms with Crippen LogP contribution in [0.25, 0.3) is 0 Å². The van der Waals surface area contributed by atoms with Crippen LogP contribution >= 0.6 is 0 Å². The van der Waals surface area contributed by atoms with Gasteiger partial charge in [0, 0.05) is 19.3 Å². The first-order chi connectivity index (χ1) is 31.1. The number of likely N-dealkylation sites (N-methyl/N-ethyl adjacent to an activating group) is 1. The van der Waals surface area contributed by atoms with Crippen LogP contribution in [0.15, 0.2) is 24.3 Å². The van der Waals surface area contributed by atoms with Crippen molar-refractivity contribution in [1.82, 2.24) is 0 Å². The van der Waals surface area contributed by atoms with E-state index in [0.717, 1.165) is 44.9 Å². The number of carbonyl (C=O) groups excluding carboxylic acids is 2. The number of unbranched alkanes of at least 4 members (excludes halogenated alkanes) is 32. The van der Waals surface area contributed by atoms with Crippen LogP contribution in [0, 0.1) is 0 Å². The van der Waals surface area contributed by atoms with Gasteiger partial charge in [-0.1, -0.05) is 205 Å². The number of hydrogen-bond acceptors (Lipinski definition) is 6. The van der Waals surface area contributed by atoms with Crippen molar-refractivity contribution in [3.63, 3.8) is 0 Å². The average molecular weight is 905 g/mol. The fraction of sp³-hybridized carbons (Fsp3) is 0.875. The van der Waals surface area contributed by atoms with E-state index in [9.17, 15) is 19.5 Å². The summed E-state index contributed by atoms with van der Waals surface area (Å²) in [5, 5.41) is 9.66. The molecule has 0 bridgehead atoms. The maximum absolute atomic E-state index is 12.8. The molecule has 0 spiro atoms. The molecule has 8 heteroatoms. The van der Waals surface area contributed by atoms with Crippen molar-refractivity contribution < 1.29 is 38.2 Å². The topological polar surface area (TPSA) is 99.1 Å². The Labute approximate surface area is 396 Å². The molecule has 0 amide bonds. The van der Waals surface area contributed by atoms with Crippen molar-refractivity contribution in [1.29, 1.82) is 0 Å². The van der Waals surface area contributed by atoms with E-state index in [1.165, 1.54) is 186 Å². The van der Waals surface area contributed by atoms with Crippen LogP contribution in [0.1, 0.15) is 264 Å². The molecule has 64 heavy (non-hydrogen) atoms. The molecule has 0 aliphatic heterocycles. The monoisotopic (exact) mass is 905 g/mol. The summed E-state index contributed by atoms with van der Waals surface area (Å²) in [6.07, 6.45) is 55.2. The molecule has 0 fully saturated rings. The highest BCUT2D eigenvalue weighted by molar-refractivity contribution is 5.72. The highest BCUT2D eigenvalue weighted by atomic mass is 16.6. The van der Waals surface area contributed by atoms with Crippen LogP contribution in [0.2, 0.25) is 0 Å². The minimum Gasteiger partial charge on any atom is -0.477 e. The lowest BCUT2D eigenvalue weighted by molar-refractivity contribution is -0.887. The molecule has 0 aromatic carbocycles. The summed E-state index contributed by atoms with van der Waals surface area (Å²) in [6, 6.07) is -0.615. The second kappa shape index (κ2) is 47.3. The van der Waals surface area contributed by atoms with Crippen LogP contribution in [0.4, 0.5) is 0 Å². The van der Waals surface area contributed by atoms with Gasteiger partial charge in [0.15, 0.2) is 12.1 Å².